The number of sulfonamides is 1. The second kappa shape index (κ2) is 6.25. The Labute approximate surface area is 122 Å². The van der Waals surface area contributed by atoms with Gasteiger partial charge in [-0.3, -0.25) is 0 Å². The lowest BCUT2D eigenvalue weighted by Gasteiger charge is -2.27. The Morgan fingerprint density at radius 3 is 2.43 bits per heavy atom. The molecule has 0 amide bonds. The van der Waals surface area contributed by atoms with Gasteiger partial charge in [-0.05, 0) is 18.9 Å². The molecule has 0 spiro atoms. The minimum absolute atomic E-state index is 0.121. The largest absolute Gasteiger partial charge is 0.396 e. The van der Waals surface area contributed by atoms with Gasteiger partial charge in [0.25, 0.3) is 0 Å². The highest BCUT2D eigenvalue weighted by atomic mass is 32.2. The second-order valence-electron chi connectivity index (χ2n) is 5.08. The van der Waals surface area contributed by atoms with Crippen LogP contribution in [0.3, 0.4) is 0 Å². The van der Waals surface area contributed by atoms with Gasteiger partial charge in [-0.15, -0.1) is 0 Å². The second-order valence-corrected chi connectivity index (χ2v) is 6.94. The summed E-state index contributed by atoms with van der Waals surface area (Å²) in [5.74, 6) is -2.18. The van der Waals surface area contributed by atoms with Gasteiger partial charge in [0.2, 0.25) is 10.0 Å². The average molecular weight is 320 g/mol. The van der Waals surface area contributed by atoms with E-state index in [-0.39, 0.29) is 19.2 Å². The number of aliphatic hydroxyl groups excluding tert-OH is 1. The fourth-order valence-corrected chi connectivity index (χ4v) is 4.42. The van der Waals surface area contributed by atoms with Gasteiger partial charge in [0, 0.05) is 18.7 Å². The van der Waals surface area contributed by atoms with Crippen LogP contribution in [-0.4, -0.2) is 37.0 Å². The van der Waals surface area contributed by atoms with E-state index in [0.717, 1.165) is 23.2 Å². The summed E-state index contributed by atoms with van der Waals surface area (Å²) in [6.45, 7) is -0.488. The van der Waals surface area contributed by atoms with E-state index in [4.69, 9.17) is 10.8 Å². The van der Waals surface area contributed by atoms with Gasteiger partial charge in [-0.1, -0.05) is 12.8 Å². The average Bonchev–Trinajstić information content (AvgIpc) is 2.93. The van der Waals surface area contributed by atoms with Crippen LogP contribution in [0.25, 0.3) is 0 Å². The van der Waals surface area contributed by atoms with Crippen molar-refractivity contribution in [2.75, 3.05) is 18.9 Å². The first kappa shape index (κ1) is 16.1. The number of nitrogens with zero attached hydrogens (tertiary/aromatic N) is 1. The quantitative estimate of drug-likeness (QED) is 0.805. The predicted molar refractivity (Wildman–Crippen MR) is 74.0 cm³/mol. The van der Waals surface area contributed by atoms with E-state index < -0.39 is 32.2 Å². The summed E-state index contributed by atoms with van der Waals surface area (Å²) < 4.78 is 53.3. The molecule has 0 aromatic heterocycles. The number of nitrogen functional groups attached to an aromatic ring is 1. The Balaban J connectivity index is 2.45. The van der Waals surface area contributed by atoms with Crippen LogP contribution in [0, 0.1) is 11.6 Å². The van der Waals surface area contributed by atoms with Gasteiger partial charge in [0.15, 0.2) is 0 Å². The molecule has 1 aliphatic rings. The van der Waals surface area contributed by atoms with Crippen molar-refractivity contribution in [2.45, 2.75) is 36.6 Å². The van der Waals surface area contributed by atoms with E-state index in [1.807, 2.05) is 0 Å². The minimum atomic E-state index is -4.16. The Bertz CT molecular complexity index is 616. The van der Waals surface area contributed by atoms with Crippen LogP contribution in [0.1, 0.15) is 25.7 Å². The molecular weight excluding hydrogens is 302 g/mol. The standard InChI is InChI=1S/C13H18F2N2O3S/c14-10-7-11(15)13(8-12(10)16)21(19,20)17(5-6-18)9-3-1-2-4-9/h7-9,18H,1-6,16H2. The molecule has 0 radical (unpaired) electrons. The molecule has 5 nitrogen and oxygen atoms in total. The zero-order chi connectivity index (χ0) is 15.6. The molecule has 1 aromatic carbocycles. The van der Waals surface area contributed by atoms with E-state index in [1.165, 1.54) is 0 Å². The first-order valence-electron chi connectivity index (χ1n) is 6.75. The molecule has 3 N–H and O–H groups in total. The monoisotopic (exact) mass is 320 g/mol. The van der Waals surface area contributed by atoms with Crippen LogP contribution in [-0.2, 0) is 10.0 Å². The van der Waals surface area contributed by atoms with Gasteiger partial charge >= 0.3 is 0 Å². The van der Waals surface area contributed by atoms with Crippen LogP contribution in [0.2, 0.25) is 0 Å². The molecule has 21 heavy (non-hydrogen) atoms. The molecule has 2 rings (SSSR count). The van der Waals surface area contributed by atoms with Crippen LogP contribution >= 0.6 is 0 Å². The molecule has 0 atom stereocenters. The van der Waals surface area contributed by atoms with E-state index in [0.29, 0.717) is 18.9 Å². The van der Waals surface area contributed by atoms with E-state index in [2.05, 4.69) is 0 Å². The lowest BCUT2D eigenvalue weighted by Crippen LogP contribution is -2.41. The van der Waals surface area contributed by atoms with Crippen molar-refractivity contribution in [2.24, 2.45) is 0 Å². The molecule has 8 heteroatoms. The Morgan fingerprint density at radius 1 is 1.24 bits per heavy atom. The molecule has 1 aromatic rings. The number of hydrogen-bond donors (Lipinski definition) is 2. The van der Waals surface area contributed by atoms with Gasteiger partial charge in [-0.25, -0.2) is 17.2 Å². The van der Waals surface area contributed by atoms with Crippen molar-refractivity contribution in [1.82, 2.24) is 4.31 Å². The topological polar surface area (TPSA) is 83.6 Å². The van der Waals surface area contributed by atoms with Gasteiger partial charge in [-0.2, -0.15) is 4.31 Å². The maximum Gasteiger partial charge on any atom is 0.246 e. The summed E-state index contributed by atoms with van der Waals surface area (Å²) in [6.07, 6.45) is 3.10. The highest BCUT2D eigenvalue weighted by Crippen LogP contribution is 2.30. The lowest BCUT2D eigenvalue weighted by atomic mass is 10.2. The summed E-state index contributed by atoms with van der Waals surface area (Å²) >= 11 is 0. The summed E-state index contributed by atoms with van der Waals surface area (Å²) in [7, 11) is -4.16. The zero-order valence-corrected chi connectivity index (χ0v) is 12.2. The maximum atomic E-state index is 13.8. The smallest absolute Gasteiger partial charge is 0.246 e. The summed E-state index contributed by atoms with van der Waals surface area (Å²) in [5, 5.41) is 9.09. The van der Waals surface area contributed by atoms with Crippen molar-refractivity contribution in [1.29, 1.82) is 0 Å². The third kappa shape index (κ3) is 3.17. The third-order valence-electron chi connectivity index (χ3n) is 3.69. The molecule has 0 unspecified atom stereocenters. The van der Waals surface area contributed by atoms with Gasteiger partial charge in [0.05, 0.1) is 12.3 Å². The maximum absolute atomic E-state index is 13.8. The Morgan fingerprint density at radius 2 is 1.86 bits per heavy atom. The molecule has 118 valence electrons. The number of aliphatic hydroxyl groups is 1. The number of benzene rings is 1. The number of rotatable bonds is 5. The number of anilines is 1. The van der Waals surface area contributed by atoms with Crippen molar-refractivity contribution in [3.8, 4) is 0 Å². The van der Waals surface area contributed by atoms with Crippen molar-refractivity contribution in [3.63, 3.8) is 0 Å². The first-order chi connectivity index (χ1) is 9.87. The normalized spacial score (nSPS) is 16.8. The summed E-state index contributed by atoms with van der Waals surface area (Å²) in [5.41, 5.74) is 4.91. The highest BCUT2D eigenvalue weighted by molar-refractivity contribution is 7.89. The molecule has 0 aliphatic heterocycles. The van der Waals surface area contributed by atoms with E-state index in [9.17, 15) is 17.2 Å². The molecule has 0 heterocycles. The Hall–Kier alpha value is -1.25. The number of hydrogen-bond acceptors (Lipinski definition) is 4. The molecule has 0 bridgehead atoms. The third-order valence-corrected chi connectivity index (χ3v) is 5.66. The van der Waals surface area contributed by atoms with Gasteiger partial charge in [0.1, 0.15) is 16.5 Å². The molecule has 1 saturated carbocycles. The van der Waals surface area contributed by atoms with Crippen molar-refractivity contribution in [3.05, 3.63) is 23.8 Å². The van der Waals surface area contributed by atoms with Crippen molar-refractivity contribution >= 4 is 15.7 Å². The van der Waals surface area contributed by atoms with Crippen molar-refractivity contribution < 1.29 is 22.3 Å². The van der Waals surface area contributed by atoms with E-state index >= 15 is 0 Å². The number of nitrogens with two attached hydrogens (primary N) is 1. The number of halogens is 2. The molecule has 1 aliphatic carbocycles. The molecular formula is C13H18F2N2O3S. The Kier molecular flexibility index (Phi) is 4.80. The summed E-state index contributed by atoms with van der Waals surface area (Å²) in [4.78, 5) is -0.651. The fraction of sp³-hybridized carbons (Fsp3) is 0.538. The van der Waals surface area contributed by atoms with Crippen LogP contribution in [0.15, 0.2) is 17.0 Å². The van der Waals surface area contributed by atoms with E-state index in [1.54, 1.807) is 0 Å². The van der Waals surface area contributed by atoms with Crippen LogP contribution in [0.5, 0.6) is 0 Å². The molecule has 1 fully saturated rings. The predicted octanol–water partition coefficient (Wildman–Crippen LogP) is 1.47. The van der Waals surface area contributed by atoms with Crippen LogP contribution < -0.4 is 5.73 Å². The SMILES string of the molecule is Nc1cc(S(=O)(=O)N(CCO)C2CCCC2)c(F)cc1F. The molecule has 0 saturated heterocycles. The first-order valence-corrected chi connectivity index (χ1v) is 8.19. The zero-order valence-electron chi connectivity index (χ0n) is 11.4. The highest BCUT2D eigenvalue weighted by Gasteiger charge is 2.35. The van der Waals surface area contributed by atoms with Gasteiger partial charge < -0.3 is 10.8 Å². The van der Waals surface area contributed by atoms with Crippen LogP contribution in [0.4, 0.5) is 14.5 Å². The lowest BCUT2D eigenvalue weighted by molar-refractivity contribution is 0.226. The minimum Gasteiger partial charge on any atom is -0.396 e. The fourth-order valence-electron chi connectivity index (χ4n) is 2.66. The summed E-state index contributed by atoms with van der Waals surface area (Å²) in [6, 6.07) is 0.987.